The lowest BCUT2D eigenvalue weighted by atomic mass is 10.1. The van der Waals surface area contributed by atoms with E-state index < -0.39 is 0 Å². The van der Waals surface area contributed by atoms with Gasteiger partial charge in [0.2, 0.25) is 0 Å². The molecule has 2 rings (SSSR count). The van der Waals surface area contributed by atoms with Crippen LogP contribution in [0.3, 0.4) is 0 Å². The molecule has 0 aliphatic rings. The summed E-state index contributed by atoms with van der Waals surface area (Å²) >= 11 is 1.63. The van der Waals surface area contributed by atoms with Gasteiger partial charge in [-0.3, -0.25) is 0 Å². The lowest BCUT2D eigenvalue weighted by Gasteiger charge is -2.12. The molecule has 19 heavy (non-hydrogen) atoms. The molecule has 2 nitrogen and oxygen atoms in total. The average Bonchev–Trinajstić information content (AvgIpc) is 2.45. The smallest absolute Gasteiger partial charge is 0.123 e. The van der Waals surface area contributed by atoms with Gasteiger partial charge < -0.3 is 10.5 Å². The largest absolute Gasteiger partial charge is 0.497 e. The Bertz CT molecular complexity index is 547. The van der Waals surface area contributed by atoms with Crippen LogP contribution in [0.4, 0.5) is 4.39 Å². The van der Waals surface area contributed by atoms with Crippen molar-refractivity contribution >= 4 is 11.8 Å². The number of rotatable bonds is 5. The maximum absolute atomic E-state index is 13.1. The van der Waals surface area contributed by atoms with E-state index in [2.05, 4.69) is 0 Å². The fourth-order valence-electron chi connectivity index (χ4n) is 1.71. The standard InChI is InChI=1S/C15H16FNOS/c1-18-13-6-3-7-14(9-13)19-10-15(17)11-4-2-5-12(16)8-11/h2-9,15H,10,17H2,1H3. The second-order valence-corrected chi connectivity index (χ2v) is 5.24. The third-order valence-electron chi connectivity index (χ3n) is 2.75. The first-order chi connectivity index (χ1) is 9.19. The van der Waals surface area contributed by atoms with E-state index in [9.17, 15) is 4.39 Å². The van der Waals surface area contributed by atoms with Crippen LogP contribution < -0.4 is 10.5 Å². The fraction of sp³-hybridized carbons (Fsp3) is 0.200. The number of methoxy groups -OCH3 is 1. The van der Waals surface area contributed by atoms with Gasteiger partial charge in [-0.15, -0.1) is 11.8 Å². The van der Waals surface area contributed by atoms with Gasteiger partial charge in [0.15, 0.2) is 0 Å². The first-order valence-electron chi connectivity index (χ1n) is 5.97. The molecule has 0 aliphatic carbocycles. The van der Waals surface area contributed by atoms with E-state index in [4.69, 9.17) is 10.5 Å². The third-order valence-corrected chi connectivity index (χ3v) is 3.86. The highest BCUT2D eigenvalue weighted by molar-refractivity contribution is 7.99. The Labute approximate surface area is 116 Å². The summed E-state index contributed by atoms with van der Waals surface area (Å²) < 4.78 is 18.3. The van der Waals surface area contributed by atoms with Gasteiger partial charge in [-0.1, -0.05) is 18.2 Å². The molecule has 2 N–H and O–H groups in total. The molecule has 0 saturated carbocycles. The lowest BCUT2D eigenvalue weighted by Crippen LogP contribution is -2.13. The summed E-state index contributed by atoms with van der Waals surface area (Å²) in [7, 11) is 1.64. The van der Waals surface area contributed by atoms with Crippen molar-refractivity contribution in [2.24, 2.45) is 5.73 Å². The van der Waals surface area contributed by atoms with Crippen LogP contribution in [0.5, 0.6) is 5.75 Å². The van der Waals surface area contributed by atoms with Gasteiger partial charge in [0.25, 0.3) is 0 Å². The molecule has 4 heteroatoms. The second-order valence-electron chi connectivity index (χ2n) is 4.15. The highest BCUT2D eigenvalue weighted by atomic mass is 32.2. The van der Waals surface area contributed by atoms with E-state index in [0.29, 0.717) is 5.75 Å². The zero-order valence-corrected chi connectivity index (χ0v) is 11.5. The molecule has 0 fully saturated rings. The van der Waals surface area contributed by atoms with E-state index in [1.807, 2.05) is 30.3 Å². The van der Waals surface area contributed by atoms with Gasteiger partial charge in [-0.05, 0) is 35.9 Å². The van der Waals surface area contributed by atoms with Crippen molar-refractivity contribution in [2.45, 2.75) is 10.9 Å². The summed E-state index contributed by atoms with van der Waals surface area (Å²) in [6, 6.07) is 14.1. The Morgan fingerprint density at radius 2 is 2.00 bits per heavy atom. The molecule has 0 saturated heterocycles. The van der Waals surface area contributed by atoms with E-state index in [0.717, 1.165) is 16.2 Å². The normalized spacial score (nSPS) is 12.2. The summed E-state index contributed by atoms with van der Waals surface area (Å²) in [5.74, 6) is 1.26. The second kappa shape index (κ2) is 6.59. The highest BCUT2D eigenvalue weighted by Crippen LogP contribution is 2.26. The molecule has 0 spiro atoms. The van der Waals surface area contributed by atoms with Crippen LogP contribution in [-0.2, 0) is 0 Å². The van der Waals surface area contributed by atoms with Crippen molar-refractivity contribution in [3.8, 4) is 5.75 Å². The van der Waals surface area contributed by atoms with Crippen LogP contribution in [0, 0.1) is 5.82 Å². The van der Waals surface area contributed by atoms with Crippen molar-refractivity contribution in [1.82, 2.24) is 0 Å². The first kappa shape index (κ1) is 13.9. The molecule has 0 amide bonds. The Balaban J connectivity index is 1.98. The number of halogens is 1. The molecule has 0 heterocycles. The van der Waals surface area contributed by atoms with Crippen LogP contribution in [0.25, 0.3) is 0 Å². The summed E-state index contributed by atoms with van der Waals surface area (Å²) in [5, 5.41) is 0. The molecule has 100 valence electrons. The number of hydrogen-bond donors (Lipinski definition) is 1. The number of hydrogen-bond acceptors (Lipinski definition) is 3. The lowest BCUT2D eigenvalue weighted by molar-refractivity contribution is 0.413. The SMILES string of the molecule is COc1cccc(SCC(N)c2cccc(F)c2)c1. The number of ether oxygens (including phenoxy) is 1. The van der Waals surface area contributed by atoms with Crippen LogP contribution in [0.2, 0.25) is 0 Å². The average molecular weight is 277 g/mol. The Hall–Kier alpha value is -1.52. The molecule has 2 aromatic carbocycles. The van der Waals surface area contributed by atoms with Crippen LogP contribution in [-0.4, -0.2) is 12.9 Å². The molecular formula is C15H16FNOS. The Morgan fingerprint density at radius 3 is 2.74 bits per heavy atom. The zero-order chi connectivity index (χ0) is 13.7. The highest BCUT2D eigenvalue weighted by Gasteiger charge is 2.08. The molecule has 0 aromatic heterocycles. The fourth-order valence-corrected chi connectivity index (χ4v) is 2.65. The van der Waals surface area contributed by atoms with Gasteiger partial charge in [0, 0.05) is 16.7 Å². The number of thioether (sulfide) groups is 1. The quantitative estimate of drug-likeness (QED) is 0.848. The Morgan fingerprint density at radius 1 is 1.21 bits per heavy atom. The number of nitrogens with two attached hydrogens (primary N) is 1. The molecule has 0 aliphatic heterocycles. The van der Waals surface area contributed by atoms with Crippen molar-refractivity contribution in [3.05, 3.63) is 59.9 Å². The van der Waals surface area contributed by atoms with Crippen LogP contribution >= 0.6 is 11.8 Å². The molecular weight excluding hydrogens is 261 g/mol. The summed E-state index contributed by atoms with van der Waals surface area (Å²) in [6.45, 7) is 0. The van der Waals surface area contributed by atoms with E-state index in [1.165, 1.54) is 12.1 Å². The minimum atomic E-state index is -0.251. The van der Waals surface area contributed by atoms with Crippen molar-refractivity contribution in [1.29, 1.82) is 0 Å². The van der Waals surface area contributed by atoms with Gasteiger partial charge in [0.1, 0.15) is 11.6 Å². The number of benzene rings is 2. The van der Waals surface area contributed by atoms with E-state index in [1.54, 1.807) is 24.9 Å². The van der Waals surface area contributed by atoms with Crippen LogP contribution in [0.15, 0.2) is 53.4 Å². The predicted molar refractivity (Wildman–Crippen MR) is 77.0 cm³/mol. The predicted octanol–water partition coefficient (Wildman–Crippen LogP) is 3.63. The summed E-state index contributed by atoms with van der Waals surface area (Å²) in [4.78, 5) is 1.09. The van der Waals surface area contributed by atoms with Crippen molar-refractivity contribution in [3.63, 3.8) is 0 Å². The van der Waals surface area contributed by atoms with Gasteiger partial charge >= 0.3 is 0 Å². The van der Waals surface area contributed by atoms with Gasteiger partial charge in [-0.2, -0.15) is 0 Å². The maximum atomic E-state index is 13.1. The summed E-state index contributed by atoms with van der Waals surface area (Å²) in [6.07, 6.45) is 0. The van der Waals surface area contributed by atoms with Crippen molar-refractivity contribution in [2.75, 3.05) is 12.9 Å². The minimum absolute atomic E-state index is 0.188. The van der Waals surface area contributed by atoms with Gasteiger partial charge in [-0.25, -0.2) is 4.39 Å². The van der Waals surface area contributed by atoms with Gasteiger partial charge in [0.05, 0.1) is 7.11 Å². The topological polar surface area (TPSA) is 35.2 Å². The van der Waals surface area contributed by atoms with Crippen molar-refractivity contribution < 1.29 is 9.13 Å². The monoisotopic (exact) mass is 277 g/mol. The summed E-state index contributed by atoms with van der Waals surface area (Å²) in [5.41, 5.74) is 6.88. The molecule has 1 unspecified atom stereocenters. The Kier molecular flexibility index (Phi) is 4.82. The molecule has 1 atom stereocenters. The molecule has 2 aromatic rings. The van der Waals surface area contributed by atoms with Crippen LogP contribution in [0.1, 0.15) is 11.6 Å². The minimum Gasteiger partial charge on any atom is -0.497 e. The van der Waals surface area contributed by atoms with E-state index in [-0.39, 0.29) is 11.9 Å². The first-order valence-corrected chi connectivity index (χ1v) is 6.95. The maximum Gasteiger partial charge on any atom is 0.123 e. The zero-order valence-electron chi connectivity index (χ0n) is 10.7. The molecule has 0 radical (unpaired) electrons. The third kappa shape index (κ3) is 3.98. The van der Waals surface area contributed by atoms with E-state index >= 15 is 0 Å². The molecule has 0 bridgehead atoms.